The molecule has 2 heteroatoms. The average molecular weight is 274 g/mol. The van der Waals surface area contributed by atoms with Crippen molar-refractivity contribution in [2.75, 3.05) is 27.2 Å². The minimum absolute atomic E-state index is 0.582. The standard InChI is InChI=1S/C18H30N2/c1-14(2)18(13-20(3)4)19-12-16-10-7-9-15-8-5-6-11-17(15)16/h5-6,8,11,14,16,18-19H,7,9-10,12-13H2,1-4H3. The lowest BCUT2D eigenvalue weighted by Gasteiger charge is -2.30. The maximum absolute atomic E-state index is 3.82. The van der Waals surface area contributed by atoms with Crippen molar-refractivity contribution in [3.05, 3.63) is 35.4 Å². The van der Waals surface area contributed by atoms with E-state index >= 15 is 0 Å². The molecule has 1 N–H and O–H groups in total. The van der Waals surface area contributed by atoms with Gasteiger partial charge in [-0.2, -0.15) is 0 Å². The lowest BCUT2D eigenvalue weighted by molar-refractivity contribution is 0.283. The molecule has 0 bridgehead atoms. The fourth-order valence-electron chi connectivity index (χ4n) is 3.26. The van der Waals surface area contributed by atoms with E-state index in [2.05, 4.69) is 62.4 Å². The van der Waals surface area contributed by atoms with Crippen LogP contribution in [-0.2, 0) is 6.42 Å². The highest BCUT2D eigenvalue weighted by Crippen LogP contribution is 2.31. The number of rotatable bonds is 6. The lowest BCUT2D eigenvalue weighted by Crippen LogP contribution is -2.43. The van der Waals surface area contributed by atoms with Crippen molar-refractivity contribution in [3.63, 3.8) is 0 Å². The number of benzene rings is 1. The van der Waals surface area contributed by atoms with Crippen LogP contribution >= 0.6 is 0 Å². The van der Waals surface area contributed by atoms with Gasteiger partial charge in [-0.15, -0.1) is 0 Å². The molecule has 1 aliphatic rings. The van der Waals surface area contributed by atoms with Crippen molar-refractivity contribution in [1.82, 2.24) is 10.2 Å². The molecule has 0 fully saturated rings. The van der Waals surface area contributed by atoms with Crippen LogP contribution in [0.5, 0.6) is 0 Å². The van der Waals surface area contributed by atoms with Gasteiger partial charge in [-0.25, -0.2) is 0 Å². The van der Waals surface area contributed by atoms with Crippen LogP contribution in [-0.4, -0.2) is 38.1 Å². The Morgan fingerprint density at radius 3 is 2.70 bits per heavy atom. The maximum atomic E-state index is 3.82. The van der Waals surface area contributed by atoms with Crippen LogP contribution < -0.4 is 5.32 Å². The van der Waals surface area contributed by atoms with Gasteiger partial charge in [0.1, 0.15) is 0 Å². The normalized spacial score (nSPS) is 20.2. The van der Waals surface area contributed by atoms with Crippen LogP contribution in [0.15, 0.2) is 24.3 Å². The molecular formula is C18H30N2. The molecule has 0 saturated carbocycles. The molecule has 2 unspecified atom stereocenters. The number of nitrogens with zero attached hydrogens (tertiary/aromatic N) is 1. The van der Waals surface area contributed by atoms with Gasteiger partial charge in [0.15, 0.2) is 0 Å². The molecule has 0 saturated heterocycles. The summed E-state index contributed by atoms with van der Waals surface area (Å²) >= 11 is 0. The Balaban J connectivity index is 1.97. The number of likely N-dealkylation sites (N-methyl/N-ethyl adjacent to an activating group) is 1. The third-order valence-electron chi connectivity index (χ3n) is 4.49. The molecule has 2 nitrogen and oxygen atoms in total. The molecule has 0 aromatic heterocycles. The second-order valence-corrected chi connectivity index (χ2v) is 6.81. The largest absolute Gasteiger partial charge is 0.312 e. The van der Waals surface area contributed by atoms with Crippen molar-refractivity contribution >= 4 is 0 Å². The van der Waals surface area contributed by atoms with Crippen LogP contribution in [0.1, 0.15) is 43.7 Å². The number of aryl methyl sites for hydroxylation is 1. The van der Waals surface area contributed by atoms with E-state index in [9.17, 15) is 0 Å². The summed E-state index contributed by atoms with van der Waals surface area (Å²) in [7, 11) is 4.32. The quantitative estimate of drug-likeness (QED) is 0.856. The number of hydrogen-bond acceptors (Lipinski definition) is 2. The third-order valence-corrected chi connectivity index (χ3v) is 4.49. The predicted molar refractivity (Wildman–Crippen MR) is 87.3 cm³/mol. The first-order valence-electron chi connectivity index (χ1n) is 8.04. The second kappa shape index (κ2) is 7.24. The highest BCUT2D eigenvalue weighted by Gasteiger charge is 2.21. The zero-order valence-electron chi connectivity index (χ0n) is 13.5. The van der Waals surface area contributed by atoms with Crippen molar-refractivity contribution in [1.29, 1.82) is 0 Å². The topological polar surface area (TPSA) is 15.3 Å². The number of hydrogen-bond donors (Lipinski definition) is 1. The molecule has 0 radical (unpaired) electrons. The summed E-state index contributed by atoms with van der Waals surface area (Å²) < 4.78 is 0. The summed E-state index contributed by atoms with van der Waals surface area (Å²) in [5, 5.41) is 3.82. The van der Waals surface area contributed by atoms with Gasteiger partial charge in [0.25, 0.3) is 0 Å². The summed E-state index contributed by atoms with van der Waals surface area (Å²) in [5.41, 5.74) is 3.15. The molecule has 0 heterocycles. The molecule has 1 aliphatic carbocycles. The first-order valence-corrected chi connectivity index (χ1v) is 8.04. The summed E-state index contributed by atoms with van der Waals surface area (Å²) in [6.07, 6.45) is 3.93. The van der Waals surface area contributed by atoms with E-state index in [0.29, 0.717) is 17.9 Å². The summed E-state index contributed by atoms with van der Waals surface area (Å²) in [5.74, 6) is 1.37. The van der Waals surface area contributed by atoms with Crippen LogP contribution in [0.3, 0.4) is 0 Å². The molecule has 2 rings (SSSR count). The molecule has 112 valence electrons. The van der Waals surface area contributed by atoms with Gasteiger partial charge >= 0.3 is 0 Å². The molecule has 0 spiro atoms. The maximum Gasteiger partial charge on any atom is 0.0217 e. The van der Waals surface area contributed by atoms with Crippen LogP contribution in [0.4, 0.5) is 0 Å². The summed E-state index contributed by atoms with van der Waals surface area (Å²) in [6, 6.07) is 9.59. The average Bonchev–Trinajstić information content (AvgIpc) is 2.42. The molecule has 0 amide bonds. The number of nitrogens with one attached hydrogen (secondary N) is 1. The third kappa shape index (κ3) is 4.07. The van der Waals surface area contributed by atoms with E-state index in [4.69, 9.17) is 0 Å². The minimum Gasteiger partial charge on any atom is -0.312 e. The number of fused-ring (bicyclic) bond motifs is 1. The molecule has 2 atom stereocenters. The van der Waals surface area contributed by atoms with Gasteiger partial charge in [-0.05, 0) is 56.3 Å². The first-order chi connectivity index (χ1) is 9.58. The minimum atomic E-state index is 0.582. The van der Waals surface area contributed by atoms with E-state index in [1.807, 2.05) is 0 Å². The lowest BCUT2D eigenvalue weighted by atomic mass is 9.82. The first kappa shape index (κ1) is 15.5. The SMILES string of the molecule is CC(C)C(CN(C)C)NCC1CCCc2ccccc21. The van der Waals surface area contributed by atoms with Crippen molar-refractivity contribution in [2.24, 2.45) is 5.92 Å². The Kier molecular flexibility index (Phi) is 5.62. The molecule has 0 aliphatic heterocycles. The Morgan fingerprint density at radius 1 is 1.25 bits per heavy atom. The van der Waals surface area contributed by atoms with E-state index in [-0.39, 0.29) is 0 Å². The van der Waals surface area contributed by atoms with Gasteiger partial charge < -0.3 is 10.2 Å². The van der Waals surface area contributed by atoms with Crippen LogP contribution in [0, 0.1) is 5.92 Å². The van der Waals surface area contributed by atoms with Gasteiger partial charge in [0.05, 0.1) is 0 Å². The van der Waals surface area contributed by atoms with Crippen LogP contribution in [0.25, 0.3) is 0 Å². The highest BCUT2D eigenvalue weighted by atomic mass is 15.1. The molecule has 1 aromatic carbocycles. The van der Waals surface area contributed by atoms with E-state index < -0.39 is 0 Å². The zero-order chi connectivity index (χ0) is 14.5. The second-order valence-electron chi connectivity index (χ2n) is 6.81. The Hall–Kier alpha value is -0.860. The van der Waals surface area contributed by atoms with Crippen molar-refractivity contribution in [3.8, 4) is 0 Å². The summed E-state index contributed by atoms with van der Waals surface area (Å²) in [6.45, 7) is 6.87. The molecular weight excluding hydrogens is 244 g/mol. The van der Waals surface area contributed by atoms with E-state index in [1.54, 1.807) is 11.1 Å². The zero-order valence-corrected chi connectivity index (χ0v) is 13.5. The van der Waals surface area contributed by atoms with Crippen LogP contribution in [0.2, 0.25) is 0 Å². The fourth-order valence-corrected chi connectivity index (χ4v) is 3.26. The van der Waals surface area contributed by atoms with Gasteiger partial charge in [-0.1, -0.05) is 38.1 Å². The molecule has 1 aromatic rings. The fraction of sp³-hybridized carbons (Fsp3) is 0.667. The smallest absolute Gasteiger partial charge is 0.0217 e. The Labute approximate surface area is 124 Å². The van der Waals surface area contributed by atoms with Crippen molar-refractivity contribution in [2.45, 2.75) is 45.1 Å². The van der Waals surface area contributed by atoms with E-state index in [0.717, 1.165) is 13.1 Å². The van der Waals surface area contributed by atoms with Gasteiger partial charge in [0, 0.05) is 19.1 Å². The summed E-state index contributed by atoms with van der Waals surface area (Å²) in [4.78, 5) is 2.28. The monoisotopic (exact) mass is 274 g/mol. The molecule has 20 heavy (non-hydrogen) atoms. The Bertz CT molecular complexity index is 412. The van der Waals surface area contributed by atoms with E-state index in [1.165, 1.54) is 19.3 Å². The van der Waals surface area contributed by atoms with Crippen molar-refractivity contribution < 1.29 is 0 Å². The predicted octanol–water partition coefficient (Wildman–Crippen LogP) is 3.28. The Morgan fingerprint density at radius 2 is 2.00 bits per heavy atom. The van der Waals surface area contributed by atoms with Gasteiger partial charge in [-0.3, -0.25) is 0 Å². The highest BCUT2D eigenvalue weighted by molar-refractivity contribution is 5.32. The van der Waals surface area contributed by atoms with Gasteiger partial charge in [0.2, 0.25) is 0 Å².